The number of rotatable bonds is 3. The summed E-state index contributed by atoms with van der Waals surface area (Å²) in [4.78, 5) is 39.2. The first-order valence-corrected chi connectivity index (χ1v) is 10.1. The lowest BCUT2D eigenvalue weighted by atomic mass is 10.1. The Balaban J connectivity index is 1.79. The minimum atomic E-state index is -0.799. The number of hydrogen-bond acceptors (Lipinski definition) is 3. The minimum absolute atomic E-state index is 0.118. The van der Waals surface area contributed by atoms with E-state index in [4.69, 9.17) is 11.6 Å². The molecule has 1 saturated heterocycles. The molecule has 0 unspecified atom stereocenters. The van der Waals surface area contributed by atoms with Gasteiger partial charge < -0.3 is 4.57 Å². The molecule has 0 aliphatic carbocycles. The molecule has 2 aromatic carbocycles. The van der Waals surface area contributed by atoms with E-state index in [-0.39, 0.29) is 5.57 Å². The maximum absolute atomic E-state index is 13.2. The summed E-state index contributed by atoms with van der Waals surface area (Å²) < 4.78 is 2.04. The number of aryl methyl sites for hydroxylation is 1. The van der Waals surface area contributed by atoms with Gasteiger partial charge in [-0.15, -0.1) is 0 Å². The Morgan fingerprint density at radius 3 is 2.35 bits per heavy atom. The van der Waals surface area contributed by atoms with Crippen LogP contribution in [0.1, 0.15) is 22.5 Å². The second-order valence-electron chi connectivity index (χ2n) is 7.34. The first kappa shape index (κ1) is 20.6. The number of benzene rings is 2. The lowest BCUT2D eigenvalue weighted by molar-refractivity contribution is -0.122. The van der Waals surface area contributed by atoms with Crippen molar-refractivity contribution in [3.05, 3.63) is 87.7 Å². The van der Waals surface area contributed by atoms with Crippen molar-refractivity contribution >= 4 is 41.2 Å². The maximum Gasteiger partial charge on any atom is 0.335 e. The van der Waals surface area contributed by atoms with Gasteiger partial charge >= 0.3 is 6.03 Å². The molecular formula is C24H20ClN3O3. The molecule has 3 aromatic rings. The number of imide groups is 2. The average Bonchev–Trinajstić information content (AvgIpc) is 3.02. The fourth-order valence-corrected chi connectivity index (χ4v) is 3.95. The van der Waals surface area contributed by atoms with E-state index in [1.165, 1.54) is 6.08 Å². The molecule has 0 atom stereocenters. The second-order valence-corrected chi connectivity index (χ2v) is 7.75. The van der Waals surface area contributed by atoms with Crippen LogP contribution in [0.4, 0.5) is 10.5 Å². The smallest absolute Gasteiger partial charge is 0.318 e. The van der Waals surface area contributed by atoms with Gasteiger partial charge in [0.1, 0.15) is 5.57 Å². The van der Waals surface area contributed by atoms with Crippen LogP contribution in [-0.2, 0) is 9.59 Å². The zero-order chi connectivity index (χ0) is 22.3. The van der Waals surface area contributed by atoms with E-state index in [0.29, 0.717) is 16.3 Å². The fraction of sp³-hybridized carbons (Fsp3) is 0.125. The molecule has 0 bridgehead atoms. The molecule has 1 N–H and O–H groups in total. The van der Waals surface area contributed by atoms with Crippen molar-refractivity contribution in [3.8, 4) is 5.69 Å². The Kier molecular flexibility index (Phi) is 5.25. The first-order chi connectivity index (χ1) is 14.8. The highest BCUT2D eigenvalue weighted by Crippen LogP contribution is 2.30. The van der Waals surface area contributed by atoms with Crippen molar-refractivity contribution in [2.24, 2.45) is 0 Å². The minimum Gasteiger partial charge on any atom is -0.318 e. The third kappa shape index (κ3) is 3.55. The molecule has 0 radical (unpaired) electrons. The number of anilines is 1. The molecule has 0 spiro atoms. The molecule has 1 fully saturated rings. The van der Waals surface area contributed by atoms with Gasteiger partial charge in [-0.25, -0.2) is 9.69 Å². The zero-order valence-corrected chi connectivity index (χ0v) is 18.0. The number of nitrogens with one attached hydrogen (secondary N) is 1. The monoisotopic (exact) mass is 433 g/mol. The Morgan fingerprint density at radius 2 is 1.65 bits per heavy atom. The van der Waals surface area contributed by atoms with Crippen LogP contribution >= 0.6 is 11.6 Å². The predicted octanol–water partition coefficient (Wildman–Crippen LogP) is 4.72. The van der Waals surface area contributed by atoms with Crippen molar-refractivity contribution < 1.29 is 14.4 Å². The SMILES string of the molecule is Cc1c(Cl)cccc1N1C(=O)NC(=O)/C(=C/c2cc(C)n(-c3ccccc3)c2C)C1=O. The highest BCUT2D eigenvalue weighted by Gasteiger charge is 2.37. The Morgan fingerprint density at radius 1 is 0.935 bits per heavy atom. The number of urea groups is 1. The molecule has 4 amide bonds. The molecule has 1 aliphatic rings. The van der Waals surface area contributed by atoms with Gasteiger partial charge in [-0.3, -0.25) is 14.9 Å². The van der Waals surface area contributed by atoms with Gasteiger partial charge in [0.25, 0.3) is 11.8 Å². The molecule has 7 heteroatoms. The van der Waals surface area contributed by atoms with Crippen LogP contribution in [-0.4, -0.2) is 22.4 Å². The van der Waals surface area contributed by atoms with Crippen molar-refractivity contribution in [2.75, 3.05) is 4.90 Å². The number of nitrogens with zero attached hydrogens (tertiary/aromatic N) is 2. The van der Waals surface area contributed by atoms with E-state index in [2.05, 4.69) is 5.32 Å². The van der Waals surface area contributed by atoms with Crippen LogP contribution in [0, 0.1) is 20.8 Å². The first-order valence-electron chi connectivity index (χ1n) is 9.70. The van der Waals surface area contributed by atoms with Crippen molar-refractivity contribution in [3.63, 3.8) is 0 Å². The lowest BCUT2D eigenvalue weighted by Crippen LogP contribution is -2.54. The summed E-state index contributed by atoms with van der Waals surface area (Å²) in [7, 11) is 0. The Labute approximate surface area is 184 Å². The summed E-state index contributed by atoms with van der Waals surface area (Å²) in [5, 5.41) is 2.68. The molecule has 2 heterocycles. The van der Waals surface area contributed by atoms with Gasteiger partial charge in [-0.1, -0.05) is 35.9 Å². The number of para-hydroxylation sites is 1. The molecule has 0 saturated carbocycles. The number of amides is 4. The van der Waals surface area contributed by atoms with Crippen LogP contribution in [0.15, 0.2) is 60.2 Å². The number of barbiturate groups is 1. The molecule has 1 aromatic heterocycles. The van der Waals surface area contributed by atoms with Crippen molar-refractivity contribution in [2.45, 2.75) is 20.8 Å². The van der Waals surface area contributed by atoms with Crippen LogP contribution in [0.5, 0.6) is 0 Å². The third-order valence-corrected chi connectivity index (χ3v) is 5.78. The van der Waals surface area contributed by atoms with Gasteiger partial charge in [0.05, 0.1) is 5.69 Å². The highest BCUT2D eigenvalue weighted by molar-refractivity contribution is 6.40. The van der Waals surface area contributed by atoms with Gasteiger partial charge in [-0.05, 0) is 68.3 Å². The van der Waals surface area contributed by atoms with E-state index in [1.54, 1.807) is 25.1 Å². The second kappa shape index (κ2) is 7.89. The number of hydrogen-bond donors (Lipinski definition) is 1. The summed E-state index contributed by atoms with van der Waals surface area (Å²) in [6.07, 6.45) is 1.53. The topological polar surface area (TPSA) is 71.4 Å². The van der Waals surface area contributed by atoms with Crippen LogP contribution in [0.25, 0.3) is 11.8 Å². The molecule has 31 heavy (non-hydrogen) atoms. The van der Waals surface area contributed by atoms with E-state index >= 15 is 0 Å². The van der Waals surface area contributed by atoms with Crippen LogP contribution in [0.3, 0.4) is 0 Å². The normalized spacial score (nSPS) is 15.5. The highest BCUT2D eigenvalue weighted by atomic mass is 35.5. The maximum atomic E-state index is 13.2. The zero-order valence-electron chi connectivity index (χ0n) is 17.3. The van der Waals surface area contributed by atoms with Gasteiger partial charge in [0, 0.05) is 22.1 Å². The predicted molar refractivity (Wildman–Crippen MR) is 120 cm³/mol. The molecule has 4 rings (SSSR count). The molecule has 156 valence electrons. The summed E-state index contributed by atoms with van der Waals surface area (Å²) in [5.74, 6) is -1.42. The lowest BCUT2D eigenvalue weighted by Gasteiger charge is -2.27. The average molecular weight is 434 g/mol. The van der Waals surface area contributed by atoms with Gasteiger partial charge in [0.2, 0.25) is 0 Å². The van der Waals surface area contributed by atoms with Crippen LogP contribution < -0.4 is 10.2 Å². The summed E-state index contributed by atoms with van der Waals surface area (Å²) >= 11 is 6.17. The largest absolute Gasteiger partial charge is 0.335 e. The summed E-state index contributed by atoms with van der Waals surface area (Å²) in [6, 6.07) is 15.8. The standard InChI is InChI=1S/C24H20ClN3O3/c1-14-12-17(16(3)27(14)18-8-5-4-6-9-18)13-19-22(29)26-24(31)28(23(19)30)21-11-7-10-20(25)15(21)2/h4-13H,1-3H3,(H,26,29,31)/b19-13-. The van der Waals surface area contributed by atoms with Crippen molar-refractivity contribution in [1.29, 1.82) is 0 Å². The van der Waals surface area contributed by atoms with Gasteiger partial charge in [-0.2, -0.15) is 0 Å². The number of halogens is 1. The molecule has 1 aliphatic heterocycles. The molecular weight excluding hydrogens is 414 g/mol. The summed E-state index contributed by atoms with van der Waals surface area (Å²) in [5.41, 5.74) is 4.32. The van der Waals surface area contributed by atoms with Gasteiger partial charge in [0.15, 0.2) is 0 Å². The van der Waals surface area contributed by atoms with E-state index < -0.39 is 17.8 Å². The van der Waals surface area contributed by atoms with Crippen molar-refractivity contribution in [1.82, 2.24) is 9.88 Å². The number of carbonyl (C=O) groups excluding carboxylic acids is 3. The Hall–Kier alpha value is -3.64. The number of carbonyl (C=O) groups is 3. The van der Waals surface area contributed by atoms with E-state index in [1.807, 2.05) is 54.8 Å². The Bertz CT molecular complexity index is 1260. The third-order valence-electron chi connectivity index (χ3n) is 5.37. The van der Waals surface area contributed by atoms with Crippen LogP contribution in [0.2, 0.25) is 5.02 Å². The fourth-order valence-electron chi connectivity index (χ4n) is 3.78. The van der Waals surface area contributed by atoms with E-state index in [9.17, 15) is 14.4 Å². The van der Waals surface area contributed by atoms with E-state index in [0.717, 1.165) is 27.5 Å². The quantitative estimate of drug-likeness (QED) is 0.479. The summed E-state index contributed by atoms with van der Waals surface area (Å²) in [6.45, 7) is 5.59. The number of aromatic nitrogens is 1. The molecule has 6 nitrogen and oxygen atoms in total.